The van der Waals surface area contributed by atoms with Crippen molar-refractivity contribution in [3.8, 4) is 5.75 Å². The summed E-state index contributed by atoms with van der Waals surface area (Å²) in [5.74, 6) is 0.665. The van der Waals surface area contributed by atoms with Gasteiger partial charge in [0.1, 0.15) is 5.75 Å². The van der Waals surface area contributed by atoms with Gasteiger partial charge in [0.2, 0.25) is 0 Å². The van der Waals surface area contributed by atoms with Gasteiger partial charge in [0.15, 0.2) is 11.9 Å². The van der Waals surface area contributed by atoms with Crippen LogP contribution in [0.25, 0.3) is 0 Å². The topological polar surface area (TPSA) is 81.4 Å². The van der Waals surface area contributed by atoms with E-state index < -0.39 is 11.6 Å². The molecule has 3 N–H and O–H groups in total. The molecule has 0 saturated heterocycles. The fraction of sp³-hybridized carbons (Fsp3) is 0.556. The molecule has 136 valence electrons. The minimum absolute atomic E-state index is 0. The van der Waals surface area contributed by atoms with Crippen LogP contribution in [0.15, 0.2) is 24.3 Å². The number of ketones is 1. The van der Waals surface area contributed by atoms with Crippen LogP contribution in [0.5, 0.6) is 5.75 Å². The third-order valence-corrected chi connectivity index (χ3v) is 3.66. The molecule has 0 aromatic heterocycles. The number of amides is 1. The third-order valence-electron chi connectivity index (χ3n) is 3.66. The number of hydrogen-bond donors (Lipinski definition) is 2. The lowest BCUT2D eigenvalue weighted by atomic mass is 9.90. The number of rotatable bonds is 8. The maximum absolute atomic E-state index is 12.4. The molecule has 0 bridgehead atoms. The Bertz CT molecular complexity index is 563. The maximum Gasteiger partial charge on any atom is 0.261 e. The molecule has 1 rings (SSSR count). The normalized spacial score (nSPS) is 14.3. The van der Waals surface area contributed by atoms with Gasteiger partial charge in [0.25, 0.3) is 5.91 Å². The van der Waals surface area contributed by atoms with Crippen molar-refractivity contribution in [3.63, 3.8) is 0 Å². The molecule has 1 amide bonds. The molecule has 0 saturated carbocycles. The quantitative estimate of drug-likeness (QED) is 0.701. The summed E-state index contributed by atoms with van der Waals surface area (Å²) in [4.78, 5) is 23.8. The highest BCUT2D eigenvalue weighted by Crippen LogP contribution is 2.18. The molecule has 6 heteroatoms. The van der Waals surface area contributed by atoms with E-state index in [1.54, 1.807) is 31.2 Å². The van der Waals surface area contributed by atoms with Crippen molar-refractivity contribution in [1.82, 2.24) is 5.32 Å². The Morgan fingerprint density at radius 1 is 1.29 bits per heavy atom. The second kappa shape index (κ2) is 9.64. The van der Waals surface area contributed by atoms with E-state index in [0.29, 0.717) is 23.8 Å². The summed E-state index contributed by atoms with van der Waals surface area (Å²) in [5, 5.41) is 2.98. The molecule has 0 radical (unpaired) electrons. The van der Waals surface area contributed by atoms with Gasteiger partial charge in [0.05, 0.1) is 0 Å². The highest BCUT2D eigenvalue weighted by atomic mass is 35.5. The van der Waals surface area contributed by atoms with E-state index >= 15 is 0 Å². The van der Waals surface area contributed by atoms with Crippen LogP contribution in [-0.2, 0) is 4.79 Å². The Labute approximate surface area is 150 Å². The van der Waals surface area contributed by atoms with Crippen molar-refractivity contribution in [1.29, 1.82) is 0 Å². The molecule has 0 fully saturated rings. The monoisotopic (exact) mass is 356 g/mol. The van der Waals surface area contributed by atoms with Crippen molar-refractivity contribution in [3.05, 3.63) is 29.8 Å². The Balaban J connectivity index is 0.00000529. The molecule has 0 aliphatic carbocycles. The number of halogens is 1. The Hall–Kier alpha value is -1.59. The second-order valence-electron chi connectivity index (χ2n) is 6.70. The van der Waals surface area contributed by atoms with Gasteiger partial charge in [-0.1, -0.05) is 26.0 Å². The predicted molar refractivity (Wildman–Crippen MR) is 98.8 cm³/mol. The summed E-state index contributed by atoms with van der Waals surface area (Å²) >= 11 is 0. The largest absolute Gasteiger partial charge is 0.481 e. The lowest BCUT2D eigenvalue weighted by molar-refractivity contribution is -0.129. The molecule has 1 aromatic rings. The molecule has 24 heavy (non-hydrogen) atoms. The van der Waals surface area contributed by atoms with Gasteiger partial charge in [-0.15, -0.1) is 12.4 Å². The van der Waals surface area contributed by atoms with Gasteiger partial charge in [-0.2, -0.15) is 0 Å². The Kier molecular flexibility index (Phi) is 9.01. The van der Waals surface area contributed by atoms with E-state index in [9.17, 15) is 9.59 Å². The maximum atomic E-state index is 12.4. The van der Waals surface area contributed by atoms with Gasteiger partial charge in [-0.05, 0) is 45.2 Å². The van der Waals surface area contributed by atoms with Gasteiger partial charge >= 0.3 is 0 Å². The summed E-state index contributed by atoms with van der Waals surface area (Å²) in [6.45, 7) is 9.66. The molecule has 0 aliphatic heterocycles. The van der Waals surface area contributed by atoms with Gasteiger partial charge < -0.3 is 15.8 Å². The predicted octanol–water partition coefficient (Wildman–Crippen LogP) is 2.96. The second-order valence-corrected chi connectivity index (χ2v) is 6.70. The lowest BCUT2D eigenvalue weighted by Crippen LogP contribution is -2.55. The van der Waals surface area contributed by atoms with E-state index in [-0.39, 0.29) is 24.1 Å². The molecule has 0 aliphatic rings. The highest BCUT2D eigenvalue weighted by molar-refractivity contribution is 5.94. The minimum atomic E-state index is -0.671. The average Bonchev–Trinajstić information content (AvgIpc) is 2.46. The highest BCUT2D eigenvalue weighted by Gasteiger charge is 2.28. The van der Waals surface area contributed by atoms with Crippen molar-refractivity contribution in [2.24, 2.45) is 11.7 Å². The zero-order valence-electron chi connectivity index (χ0n) is 15.1. The molecular formula is C18H29ClN2O3. The van der Waals surface area contributed by atoms with Gasteiger partial charge in [-0.25, -0.2) is 0 Å². The van der Waals surface area contributed by atoms with E-state index in [1.165, 1.54) is 6.92 Å². The zero-order chi connectivity index (χ0) is 17.6. The number of Topliss-reactive ketones (excluding diaryl/α,β-unsaturated/α-hetero) is 1. The number of benzene rings is 1. The van der Waals surface area contributed by atoms with Crippen LogP contribution in [0.2, 0.25) is 0 Å². The van der Waals surface area contributed by atoms with Crippen LogP contribution in [0.1, 0.15) is 51.4 Å². The van der Waals surface area contributed by atoms with E-state index in [0.717, 1.165) is 6.42 Å². The number of carbonyl (C=O) groups is 2. The van der Waals surface area contributed by atoms with Crippen LogP contribution in [0.3, 0.4) is 0 Å². The molecular weight excluding hydrogens is 328 g/mol. The third kappa shape index (κ3) is 6.89. The van der Waals surface area contributed by atoms with Crippen LogP contribution in [0, 0.1) is 5.92 Å². The molecule has 2 unspecified atom stereocenters. The summed E-state index contributed by atoms with van der Waals surface area (Å²) in [5.41, 5.74) is 5.92. The van der Waals surface area contributed by atoms with E-state index in [2.05, 4.69) is 19.2 Å². The molecule has 0 heterocycles. The SMILES string of the molecule is CC(=O)c1cccc(OC(C)C(=O)NC(C)(CN)CC(C)C)c1.Cl. The Morgan fingerprint density at radius 2 is 1.92 bits per heavy atom. The van der Waals surface area contributed by atoms with Crippen LogP contribution in [-0.4, -0.2) is 29.9 Å². The van der Waals surface area contributed by atoms with E-state index in [4.69, 9.17) is 10.5 Å². The first-order valence-corrected chi connectivity index (χ1v) is 7.96. The zero-order valence-corrected chi connectivity index (χ0v) is 15.9. The van der Waals surface area contributed by atoms with Crippen molar-refractivity contribution < 1.29 is 14.3 Å². The lowest BCUT2D eigenvalue weighted by Gasteiger charge is -2.32. The number of ether oxygens (including phenoxy) is 1. The van der Waals surface area contributed by atoms with Gasteiger partial charge in [0, 0.05) is 17.6 Å². The summed E-state index contributed by atoms with van der Waals surface area (Å²) in [6.07, 6.45) is 0.122. The first-order valence-electron chi connectivity index (χ1n) is 7.96. The number of nitrogens with two attached hydrogens (primary N) is 1. The Morgan fingerprint density at radius 3 is 2.42 bits per heavy atom. The van der Waals surface area contributed by atoms with Crippen molar-refractivity contribution in [2.75, 3.05) is 6.54 Å². The average molecular weight is 357 g/mol. The molecule has 0 spiro atoms. The van der Waals surface area contributed by atoms with Crippen LogP contribution < -0.4 is 15.8 Å². The summed E-state index contributed by atoms with van der Waals surface area (Å²) < 4.78 is 5.66. The number of hydrogen-bond acceptors (Lipinski definition) is 4. The molecule has 1 aromatic carbocycles. The van der Waals surface area contributed by atoms with Crippen molar-refractivity contribution >= 4 is 24.1 Å². The van der Waals surface area contributed by atoms with Crippen LogP contribution in [0.4, 0.5) is 0 Å². The summed E-state index contributed by atoms with van der Waals surface area (Å²) in [7, 11) is 0. The van der Waals surface area contributed by atoms with Crippen LogP contribution >= 0.6 is 12.4 Å². The van der Waals surface area contributed by atoms with E-state index in [1.807, 2.05) is 6.92 Å². The summed E-state index contributed by atoms with van der Waals surface area (Å²) in [6, 6.07) is 6.82. The first kappa shape index (κ1) is 22.4. The number of carbonyl (C=O) groups excluding carboxylic acids is 2. The van der Waals surface area contributed by atoms with Crippen molar-refractivity contribution in [2.45, 2.75) is 52.7 Å². The molecule has 5 nitrogen and oxygen atoms in total. The fourth-order valence-corrected chi connectivity index (χ4v) is 2.53. The fourth-order valence-electron chi connectivity index (χ4n) is 2.53. The smallest absolute Gasteiger partial charge is 0.261 e. The molecule has 2 atom stereocenters. The number of nitrogens with one attached hydrogen (secondary N) is 1. The first-order chi connectivity index (χ1) is 10.7. The van der Waals surface area contributed by atoms with Gasteiger partial charge in [-0.3, -0.25) is 9.59 Å². The standard InChI is InChI=1S/C18H28N2O3.ClH/c1-12(2)10-18(5,11-19)20-17(22)14(4)23-16-8-6-7-15(9-16)13(3)21;/h6-9,12,14H,10-11,19H2,1-5H3,(H,20,22);1H. The minimum Gasteiger partial charge on any atom is -0.481 e.